The molecule has 1 aliphatic carbocycles. The Hall–Kier alpha value is -7.49. The van der Waals surface area contributed by atoms with E-state index in [0.717, 1.165) is 28.0 Å². The van der Waals surface area contributed by atoms with E-state index in [9.17, 15) is 61.5 Å². The van der Waals surface area contributed by atoms with Crippen LogP contribution in [0.4, 0.5) is 5.69 Å². The van der Waals surface area contributed by atoms with Crippen LogP contribution in [0.2, 0.25) is 0 Å². The summed E-state index contributed by atoms with van der Waals surface area (Å²) in [5.41, 5.74) is -0.771. The number of carbonyl (C=O) groups is 2. The van der Waals surface area contributed by atoms with Crippen molar-refractivity contribution in [3.8, 4) is 17.2 Å². The van der Waals surface area contributed by atoms with Crippen molar-refractivity contribution in [3.05, 3.63) is 149 Å². The predicted molar refractivity (Wildman–Crippen MR) is 243 cm³/mol. The summed E-state index contributed by atoms with van der Waals surface area (Å²) < 4.78 is 151. The van der Waals surface area contributed by atoms with Crippen LogP contribution < -0.4 is 14.5 Å². The molecule has 0 radical (unpaired) electrons. The first-order valence-electron chi connectivity index (χ1n) is 19.2. The molecule has 0 fully saturated rings. The van der Waals surface area contributed by atoms with Gasteiger partial charge in [-0.1, -0.05) is 60.7 Å². The van der Waals surface area contributed by atoms with Gasteiger partial charge in [-0.05, 0) is 67.1 Å². The van der Waals surface area contributed by atoms with E-state index < -0.39 is 72.0 Å². The molecule has 0 atom stereocenters. The minimum Gasteiger partial charge on any atom is -0.421 e. The Morgan fingerprint density at radius 3 is 1.75 bits per heavy atom. The molecule has 7 aromatic rings. The van der Waals surface area contributed by atoms with Gasteiger partial charge >= 0.3 is 11.9 Å². The fourth-order valence-corrected chi connectivity index (χ4v) is 9.77. The minimum atomic E-state index is -5.12. The van der Waals surface area contributed by atoms with Crippen molar-refractivity contribution in [2.75, 3.05) is 12.1 Å². The van der Waals surface area contributed by atoms with Crippen molar-refractivity contribution in [1.82, 2.24) is 15.0 Å². The van der Waals surface area contributed by atoms with Gasteiger partial charge in [0.2, 0.25) is 0 Å². The molecule has 68 heavy (non-hydrogen) atoms. The lowest BCUT2D eigenvalue weighted by Gasteiger charge is -2.24. The van der Waals surface area contributed by atoms with E-state index in [1.54, 1.807) is 43.3 Å². The Morgan fingerprint density at radius 1 is 0.632 bits per heavy atom. The molecule has 0 amide bonds. The van der Waals surface area contributed by atoms with Gasteiger partial charge in [0, 0.05) is 41.1 Å². The van der Waals surface area contributed by atoms with Gasteiger partial charge in [-0.2, -0.15) is 38.8 Å². The number of nitrogens with zero attached hydrogens (tertiary/aromatic N) is 5. The van der Waals surface area contributed by atoms with E-state index >= 15 is 0 Å². The van der Waals surface area contributed by atoms with Crippen LogP contribution in [-0.2, 0) is 40.5 Å². The van der Waals surface area contributed by atoms with Crippen LogP contribution in [0.1, 0.15) is 38.8 Å². The SMILES string of the molecule is CC=C1C=Cc2c(cc(S(=O)(=O)O)cc2S(=O)(=O)O)/C1=N/N(C)c1cc(OC(=O)c2ccccc2)c(-n2nc3ccc4c(S(=O)(=O)O)cc(S(=O)(=O)O)cc4c3n2)cc1OC(=O)c1ccccc1. The smallest absolute Gasteiger partial charge is 0.343 e. The highest BCUT2D eigenvalue weighted by Gasteiger charge is 2.30. The highest BCUT2D eigenvalue weighted by atomic mass is 32.2. The van der Waals surface area contributed by atoms with Crippen LogP contribution >= 0.6 is 0 Å². The lowest BCUT2D eigenvalue weighted by molar-refractivity contribution is 0.0719. The molecule has 0 bridgehead atoms. The standard InChI is InChI=1S/C43H31N5O16S4/c1-3-24-14-15-29-31(18-27(65(51,52)53)20-38(29)67(57,58)59)40(24)45-47(2)34-22-37(64-43(50)26-12-8-5-9-13-26)35(23-36(34)63-42(49)25-10-6-4-7-11-25)48-44-33-17-16-30-32(41(33)46-48)19-28(66(54,55)56)21-39(30)68(60,61)62/h3-23H,1-2H3,(H,51,52,53)(H,54,55,56)(H,57,58,59)(H,60,61,62)/b24-3?,45-40+. The van der Waals surface area contributed by atoms with E-state index in [1.165, 1.54) is 67.7 Å². The van der Waals surface area contributed by atoms with E-state index in [0.29, 0.717) is 12.1 Å². The average Bonchev–Trinajstić information content (AvgIpc) is 3.73. The summed E-state index contributed by atoms with van der Waals surface area (Å²) >= 11 is 0. The summed E-state index contributed by atoms with van der Waals surface area (Å²) in [4.78, 5) is 24.9. The van der Waals surface area contributed by atoms with Gasteiger partial charge < -0.3 is 9.47 Å². The van der Waals surface area contributed by atoms with Crippen molar-refractivity contribution < 1.29 is 70.9 Å². The van der Waals surface area contributed by atoms with E-state index in [4.69, 9.17) is 9.47 Å². The van der Waals surface area contributed by atoms with Crippen LogP contribution in [0.5, 0.6) is 11.5 Å². The largest absolute Gasteiger partial charge is 0.421 e. The minimum absolute atomic E-state index is 0.0292. The molecule has 0 aliphatic heterocycles. The number of rotatable bonds is 11. The van der Waals surface area contributed by atoms with Crippen LogP contribution in [0.25, 0.3) is 33.6 Å². The second-order valence-electron chi connectivity index (χ2n) is 14.6. The second kappa shape index (κ2) is 17.3. The number of aromatic nitrogens is 3. The number of fused-ring (bicyclic) bond motifs is 4. The van der Waals surface area contributed by atoms with Gasteiger partial charge in [-0.3, -0.25) is 23.2 Å². The first-order valence-corrected chi connectivity index (χ1v) is 25.0. The van der Waals surface area contributed by atoms with Crippen molar-refractivity contribution >= 4 is 91.7 Å². The Bertz CT molecular complexity index is 3860. The van der Waals surface area contributed by atoms with Crippen molar-refractivity contribution in [3.63, 3.8) is 0 Å². The van der Waals surface area contributed by atoms with Gasteiger partial charge in [0.1, 0.15) is 32.2 Å². The quantitative estimate of drug-likeness (QED) is 0.0514. The van der Waals surface area contributed by atoms with E-state index in [1.807, 2.05) is 0 Å². The molecule has 8 rings (SSSR count). The Kier molecular flexibility index (Phi) is 12.0. The third kappa shape index (κ3) is 9.27. The zero-order valence-corrected chi connectivity index (χ0v) is 37.9. The number of esters is 2. The summed E-state index contributed by atoms with van der Waals surface area (Å²) in [6.07, 6.45) is 4.22. The monoisotopic (exact) mass is 1000 g/mol. The summed E-state index contributed by atoms with van der Waals surface area (Å²) in [6.45, 7) is 1.58. The van der Waals surface area contributed by atoms with E-state index in [2.05, 4.69) is 15.3 Å². The number of allylic oxidation sites excluding steroid dienone is 3. The zero-order chi connectivity index (χ0) is 49.1. The first kappa shape index (κ1) is 47.0. The van der Waals surface area contributed by atoms with Crippen LogP contribution in [0.3, 0.4) is 0 Å². The molecule has 4 N–H and O–H groups in total. The third-order valence-corrected chi connectivity index (χ3v) is 13.7. The highest BCUT2D eigenvalue weighted by molar-refractivity contribution is 7.87. The Morgan fingerprint density at radius 2 is 1.19 bits per heavy atom. The molecule has 1 aliphatic rings. The second-order valence-corrected chi connectivity index (χ2v) is 20.2. The Labute approximate surface area is 385 Å². The van der Waals surface area contributed by atoms with Gasteiger partial charge in [0.15, 0.2) is 11.5 Å². The zero-order valence-electron chi connectivity index (χ0n) is 34.7. The molecule has 0 saturated heterocycles. The van der Waals surface area contributed by atoms with Gasteiger partial charge in [-0.15, -0.1) is 15.0 Å². The number of anilines is 1. The topological polar surface area (TPSA) is 316 Å². The van der Waals surface area contributed by atoms with Crippen LogP contribution in [-0.4, -0.2) is 91.6 Å². The molecular weight excluding hydrogens is 971 g/mol. The van der Waals surface area contributed by atoms with Crippen molar-refractivity contribution in [1.29, 1.82) is 0 Å². The fraction of sp³-hybridized carbons (Fsp3) is 0.0465. The number of carbonyl (C=O) groups excluding carboxylic acids is 2. The maximum atomic E-state index is 13.8. The molecule has 6 aromatic carbocycles. The lowest BCUT2D eigenvalue weighted by Crippen LogP contribution is -2.21. The number of hydrazone groups is 1. The molecule has 348 valence electrons. The first-order chi connectivity index (χ1) is 31.9. The number of benzene rings is 6. The number of hydrogen-bond acceptors (Lipinski definition) is 16. The molecule has 0 spiro atoms. The van der Waals surface area contributed by atoms with Gasteiger partial charge in [-0.25, -0.2) is 9.59 Å². The predicted octanol–water partition coefficient (Wildman–Crippen LogP) is 5.81. The number of ether oxygens (including phenoxy) is 2. The van der Waals surface area contributed by atoms with Crippen LogP contribution in [0.15, 0.2) is 152 Å². The third-order valence-electron chi connectivity index (χ3n) is 10.2. The average molecular weight is 1000 g/mol. The Balaban J connectivity index is 1.40. The number of hydrogen-bond donors (Lipinski definition) is 4. The maximum absolute atomic E-state index is 13.8. The molecule has 25 heteroatoms. The molecule has 1 aromatic heterocycles. The normalized spacial score (nSPS) is 14.3. The molecule has 1 heterocycles. The fourth-order valence-electron chi connectivity index (χ4n) is 7.09. The molecule has 21 nitrogen and oxygen atoms in total. The maximum Gasteiger partial charge on any atom is 0.343 e. The highest BCUT2D eigenvalue weighted by Crippen LogP contribution is 2.40. The van der Waals surface area contributed by atoms with Gasteiger partial charge in [0.05, 0.1) is 26.6 Å². The molecule has 0 unspecified atom stereocenters. The summed E-state index contributed by atoms with van der Waals surface area (Å²) in [6, 6.07) is 23.1. The molecular formula is C43H31N5O16S4. The van der Waals surface area contributed by atoms with Gasteiger partial charge in [0.25, 0.3) is 40.5 Å². The summed E-state index contributed by atoms with van der Waals surface area (Å²) in [5.74, 6) is -2.56. The summed E-state index contributed by atoms with van der Waals surface area (Å²) in [7, 11) is -19.1. The molecule has 0 saturated carbocycles. The lowest BCUT2D eigenvalue weighted by atomic mass is 9.91. The van der Waals surface area contributed by atoms with Crippen LogP contribution in [0, 0.1) is 0 Å². The van der Waals surface area contributed by atoms with E-state index in [-0.39, 0.29) is 78.2 Å². The van der Waals surface area contributed by atoms with Crippen molar-refractivity contribution in [2.24, 2.45) is 5.10 Å². The van der Waals surface area contributed by atoms with Crippen molar-refractivity contribution in [2.45, 2.75) is 26.5 Å². The summed E-state index contributed by atoms with van der Waals surface area (Å²) in [5, 5.41) is 14.2.